The van der Waals surface area contributed by atoms with Crippen molar-refractivity contribution in [3.63, 3.8) is 0 Å². The molecular formula is C38H23NOS. The molecule has 0 bridgehead atoms. The van der Waals surface area contributed by atoms with Crippen molar-refractivity contribution in [1.82, 2.24) is 0 Å². The van der Waals surface area contributed by atoms with E-state index in [-0.39, 0.29) is 0 Å². The molecule has 0 aliphatic carbocycles. The van der Waals surface area contributed by atoms with Crippen molar-refractivity contribution in [2.24, 2.45) is 0 Å². The molecule has 0 unspecified atom stereocenters. The fraction of sp³-hybridized carbons (Fsp3) is 0. The topological polar surface area (TPSA) is 16.4 Å². The van der Waals surface area contributed by atoms with Crippen LogP contribution in [-0.4, -0.2) is 0 Å². The van der Waals surface area contributed by atoms with E-state index in [1.165, 1.54) is 47.4 Å². The molecule has 2 heterocycles. The van der Waals surface area contributed by atoms with Crippen molar-refractivity contribution in [2.45, 2.75) is 0 Å². The van der Waals surface area contributed by atoms with Crippen LogP contribution in [0.1, 0.15) is 0 Å². The summed E-state index contributed by atoms with van der Waals surface area (Å²) in [6, 6.07) is 50.1. The van der Waals surface area contributed by atoms with Crippen LogP contribution < -0.4 is 4.90 Å². The molecule has 0 saturated heterocycles. The highest BCUT2D eigenvalue weighted by atomic mass is 32.1. The van der Waals surface area contributed by atoms with Crippen LogP contribution in [0.3, 0.4) is 0 Å². The first kappa shape index (κ1) is 22.7. The van der Waals surface area contributed by atoms with E-state index in [0.29, 0.717) is 0 Å². The molecule has 0 fully saturated rings. The third-order valence-corrected chi connectivity index (χ3v) is 9.42. The lowest BCUT2D eigenvalue weighted by Crippen LogP contribution is -2.09. The zero-order chi connectivity index (χ0) is 26.9. The van der Waals surface area contributed by atoms with Crippen LogP contribution in [0.4, 0.5) is 17.1 Å². The number of furan rings is 1. The Bertz CT molecular complexity index is 2430. The Hall–Kier alpha value is -5.12. The summed E-state index contributed by atoms with van der Waals surface area (Å²) in [6.45, 7) is 0. The zero-order valence-electron chi connectivity index (χ0n) is 22.0. The molecule has 7 aromatic carbocycles. The molecular weight excluding hydrogens is 518 g/mol. The van der Waals surface area contributed by atoms with Gasteiger partial charge >= 0.3 is 0 Å². The van der Waals surface area contributed by atoms with Gasteiger partial charge in [-0.05, 0) is 76.1 Å². The lowest BCUT2D eigenvalue weighted by Gasteiger charge is -2.26. The summed E-state index contributed by atoms with van der Waals surface area (Å²) in [7, 11) is 0. The van der Waals surface area contributed by atoms with Gasteiger partial charge < -0.3 is 9.32 Å². The Labute approximate surface area is 240 Å². The highest BCUT2D eigenvalue weighted by Crippen LogP contribution is 2.45. The Morgan fingerprint density at radius 3 is 2.10 bits per heavy atom. The number of benzene rings is 7. The first-order chi connectivity index (χ1) is 20.3. The van der Waals surface area contributed by atoms with Gasteiger partial charge in [0.1, 0.15) is 11.2 Å². The van der Waals surface area contributed by atoms with Gasteiger partial charge in [0.25, 0.3) is 0 Å². The van der Waals surface area contributed by atoms with Gasteiger partial charge in [-0.15, -0.1) is 11.3 Å². The van der Waals surface area contributed by atoms with E-state index in [9.17, 15) is 0 Å². The maximum Gasteiger partial charge on any atom is 0.136 e. The van der Waals surface area contributed by atoms with Gasteiger partial charge in [-0.3, -0.25) is 0 Å². The molecule has 0 radical (unpaired) electrons. The van der Waals surface area contributed by atoms with Gasteiger partial charge in [0.2, 0.25) is 0 Å². The van der Waals surface area contributed by atoms with Crippen LogP contribution in [0.5, 0.6) is 0 Å². The molecule has 0 aliphatic heterocycles. The zero-order valence-corrected chi connectivity index (χ0v) is 22.9. The third kappa shape index (κ3) is 3.43. The Kier molecular flexibility index (Phi) is 4.80. The molecule has 2 nitrogen and oxygen atoms in total. The highest BCUT2D eigenvalue weighted by molar-refractivity contribution is 7.26. The van der Waals surface area contributed by atoms with E-state index in [1.807, 2.05) is 23.5 Å². The molecule has 2 aromatic heterocycles. The van der Waals surface area contributed by atoms with Crippen LogP contribution in [0.2, 0.25) is 0 Å². The predicted octanol–water partition coefficient (Wildman–Crippen LogP) is 11.7. The summed E-state index contributed by atoms with van der Waals surface area (Å²) in [5.74, 6) is 0. The summed E-state index contributed by atoms with van der Waals surface area (Å²) in [6.07, 6.45) is 0. The van der Waals surface area contributed by atoms with Gasteiger partial charge in [-0.1, -0.05) is 84.9 Å². The number of hydrogen-bond donors (Lipinski definition) is 0. The summed E-state index contributed by atoms with van der Waals surface area (Å²) in [5, 5.41) is 9.81. The molecule has 41 heavy (non-hydrogen) atoms. The summed E-state index contributed by atoms with van der Waals surface area (Å²) >= 11 is 1.86. The first-order valence-corrected chi connectivity index (χ1v) is 14.7. The van der Waals surface area contributed by atoms with Crippen LogP contribution in [-0.2, 0) is 0 Å². The first-order valence-electron chi connectivity index (χ1n) is 13.9. The molecule has 192 valence electrons. The van der Waals surface area contributed by atoms with Gasteiger partial charge in [0, 0.05) is 37.6 Å². The summed E-state index contributed by atoms with van der Waals surface area (Å²) in [4.78, 5) is 2.40. The van der Waals surface area contributed by atoms with Gasteiger partial charge in [0.15, 0.2) is 0 Å². The second-order valence-corrected chi connectivity index (χ2v) is 11.6. The van der Waals surface area contributed by atoms with Crippen LogP contribution in [0.25, 0.3) is 63.7 Å². The summed E-state index contributed by atoms with van der Waals surface area (Å²) < 4.78 is 8.78. The van der Waals surface area contributed by atoms with Crippen molar-refractivity contribution in [3.8, 4) is 0 Å². The second-order valence-electron chi connectivity index (χ2n) is 10.6. The number of anilines is 3. The number of thiophene rings is 1. The van der Waals surface area contributed by atoms with Gasteiger partial charge in [-0.25, -0.2) is 0 Å². The summed E-state index contributed by atoms with van der Waals surface area (Å²) in [5.41, 5.74) is 5.34. The van der Waals surface area contributed by atoms with Crippen molar-refractivity contribution in [1.29, 1.82) is 0 Å². The molecule has 0 saturated carbocycles. The molecule has 9 rings (SSSR count). The van der Waals surface area contributed by atoms with E-state index >= 15 is 0 Å². The Morgan fingerprint density at radius 1 is 0.439 bits per heavy atom. The van der Waals surface area contributed by atoms with Gasteiger partial charge in [0.05, 0.1) is 10.4 Å². The van der Waals surface area contributed by atoms with E-state index in [2.05, 4.69) is 132 Å². The van der Waals surface area contributed by atoms with Gasteiger partial charge in [-0.2, -0.15) is 0 Å². The van der Waals surface area contributed by atoms with E-state index in [1.54, 1.807) is 0 Å². The van der Waals surface area contributed by atoms with Crippen molar-refractivity contribution in [3.05, 3.63) is 140 Å². The molecule has 3 heteroatoms. The quantitative estimate of drug-likeness (QED) is 0.207. The molecule has 0 spiro atoms. The van der Waals surface area contributed by atoms with E-state index < -0.39 is 0 Å². The minimum Gasteiger partial charge on any atom is -0.456 e. The predicted molar refractivity (Wildman–Crippen MR) is 176 cm³/mol. The largest absolute Gasteiger partial charge is 0.456 e. The normalized spacial score (nSPS) is 11.9. The smallest absolute Gasteiger partial charge is 0.136 e. The van der Waals surface area contributed by atoms with Crippen LogP contribution >= 0.6 is 11.3 Å². The number of nitrogens with zero attached hydrogens (tertiary/aromatic N) is 1. The SMILES string of the molecule is c1ccc(N(c2ccc3c(ccc4cc5oc6ccccc6c5cc43)c2)c2cccc3c2sc2ccccc23)cc1. The average Bonchev–Trinajstić information content (AvgIpc) is 3.59. The van der Waals surface area contributed by atoms with Crippen LogP contribution in [0.15, 0.2) is 144 Å². The maximum absolute atomic E-state index is 6.17. The standard InChI is InChI=1S/C38H23NOS/c1-2-9-26(10-3-1)39(34-14-8-13-31-30-12-5-7-16-37(30)41-38(31)34)27-19-20-28-24(21-27)17-18-25-22-36-33(23-32(25)28)29-11-4-6-15-35(29)40-36/h1-23H. The van der Waals surface area contributed by atoms with Crippen molar-refractivity contribution < 1.29 is 4.42 Å². The monoisotopic (exact) mass is 541 g/mol. The number of fused-ring (bicyclic) bond motifs is 9. The molecule has 0 atom stereocenters. The van der Waals surface area contributed by atoms with E-state index in [4.69, 9.17) is 4.42 Å². The number of para-hydroxylation sites is 2. The molecule has 0 N–H and O–H groups in total. The number of rotatable bonds is 3. The molecule has 0 aliphatic rings. The lowest BCUT2D eigenvalue weighted by molar-refractivity contribution is 0.669. The fourth-order valence-electron chi connectivity index (χ4n) is 6.32. The van der Waals surface area contributed by atoms with Crippen molar-refractivity contribution in [2.75, 3.05) is 4.90 Å². The van der Waals surface area contributed by atoms with Crippen LogP contribution in [0, 0.1) is 0 Å². The minimum absolute atomic E-state index is 0.929. The lowest BCUT2D eigenvalue weighted by atomic mass is 9.99. The average molecular weight is 542 g/mol. The highest BCUT2D eigenvalue weighted by Gasteiger charge is 2.18. The Balaban J connectivity index is 1.28. The molecule has 9 aromatic rings. The fourth-order valence-corrected chi connectivity index (χ4v) is 7.53. The molecule has 0 amide bonds. The Morgan fingerprint density at radius 2 is 1.20 bits per heavy atom. The maximum atomic E-state index is 6.17. The third-order valence-electron chi connectivity index (χ3n) is 8.21. The van der Waals surface area contributed by atoms with E-state index in [0.717, 1.165) is 33.3 Å². The van der Waals surface area contributed by atoms with Crippen molar-refractivity contribution >= 4 is 92.1 Å². The number of hydrogen-bond acceptors (Lipinski definition) is 3. The minimum atomic E-state index is 0.929. The second kappa shape index (κ2) is 8.69.